The molecule has 11 heavy (non-hydrogen) atoms. The van der Waals surface area contributed by atoms with Gasteiger partial charge in [0, 0.05) is 10.7 Å². The third-order valence-corrected chi connectivity index (χ3v) is 5.02. The summed E-state index contributed by atoms with van der Waals surface area (Å²) >= 11 is 0. The Bertz CT molecular complexity index is 260. The summed E-state index contributed by atoms with van der Waals surface area (Å²) in [6.45, 7) is 0. The molecule has 2 saturated carbocycles. The maximum atomic E-state index is 11.0. The zero-order valence-corrected chi connectivity index (χ0v) is 7.74. The number of hydrogen-bond acceptors (Lipinski definition) is 2. The molecule has 0 spiro atoms. The maximum Gasteiger partial charge on any atom is 0.235 e. The second-order valence-corrected chi connectivity index (χ2v) is 6.54. The summed E-state index contributed by atoms with van der Waals surface area (Å²) < 4.78 is 22.0. The molecule has 64 valence electrons. The highest BCUT2D eigenvalue weighted by atomic mass is 35.7. The molecule has 0 radical (unpaired) electrons. The van der Waals surface area contributed by atoms with Crippen molar-refractivity contribution >= 4 is 19.7 Å². The molecular formula is C7H11ClO2S. The Hall–Kier alpha value is 0.240. The highest BCUT2D eigenvalue weighted by Crippen LogP contribution is 2.48. The van der Waals surface area contributed by atoms with Gasteiger partial charge in [-0.2, -0.15) is 0 Å². The predicted molar refractivity (Wildman–Crippen MR) is 44.0 cm³/mol. The minimum absolute atomic E-state index is 0.220. The molecule has 0 amide bonds. The minimum atomic E-state index is -3.26. The van der Waals surface area contributed by atoms with Gasteiger partial charge >= 0.3 is 0 Å². The molecule has 2 nitrogen and oxygen atoms in total. The first-order valence-electron chi connectivity index (χ1n) is 4.01. The molecule has 0 aliphatic heterocycles. The summed E-state index contributed by atoms with van der Waals surface area (Å²) in [5.41, 5.74) is 0. The Labute approximate surface area is 71.3 Å². The summed E-state index contributed by atoms with van der Waals surface area (Å²) in [7, 11) is 2.04. The molecule has 0 unspecified atom stereocenters. The first-order valence-corrected chi connectivity index (χ1v) is 6.38. The molecule has 0 aromatic carbocycles. The third kappa shape index (κ3) is 1.29. The lowest BCUT2D eigenvalue weighted by molar-refractivity contribution is 0.470. The largest absolute Gasteiger partial charge is 0.235 e. The van der Waals surface area contributed by atoms with Crippen molar-refractivity contribution in [1.82, 2.24) is 0 Å². The van der Waals surface area contributed by atoms with Crippen LogP contribution in [-0.2, 0) is 9.05 Å². The number of rotatable bonds is 1. The van der Waals surface area contributed by atoms with Gasteiger partial charge in [0.25, 0.3) is 0 Å². The van der Waals surface area contributed by atoms with Gasteiger partial charge in [-0.15, -0.1) is 0 Å². The van der Waals surface area contributed by atoms with Gasteiger partial charge in [-0.05, 0) is 31.1 Å². The van der Waals surface area contributed by atoms with Crippen molar-refractivity contribution in [2.24, 2.45) is 11.8 Å². The summed E-state index contributed by atoms with van der Waals surface area (Å²) in [6.07, 6.45) is 4.20. The first-order chi connectivity index (χ1) is 5.07. The summed E-state index contributed by atoms with van der Waals surface area (Å²) in [5, 5.41) is -0.220. The quantitative estimate of drug-likeness (QED) is 0.596. The zero-order chi connectivity index (χ0) is 8.06. The van der Waals surface area contributed by atoms with Crippen LogP contribution in [0.25, 0.3) is 0 Å². The van der Waals surface area contributed by atoms with Gasteiger partial charge in [0.2, 0.25) is 9.05 Å². The van der Waals surface area contributed by atoms with Crippen molar-refractivity contribution in [1.29, 1.82) is 0 Å². The van der Waals surface area contributed by atoms with E-state index >= 15 is 0 Å². The highest BCUT2D eigenvalue weighted by Gasteiger charge is 2.45. The SMILES string of the molecule is O=S(=O)(Cl)[C@H]1C[C@H]2CC[C@@H]1C2. The molecular weight excluding hydrogens is 184 g/mol. The molecule has 2 fully saturated rings. The van der Waals surface area contributed by atoms with E-state index in [1.165, 1.54) is 6.42 Å². The van der Waals surface area contributed by atoms with E-state index in [9.17, 15) is 8.42 Å². The van der Waals surface area contributed by atoms with Crippen LogP contribution in [0, 0.1) is 11.8 Å². The van der Waals surface area contributed by atoms with Crippen molar-refractivity contribution in [2.75, 3.05) is 0 Å². The number of hydrogen-bond donors (Lipinski definition) is 0. The van der Waals surface area contributed by atoms with Gasteiger partial charge in [-0.3, -0.25) is 0 Å². The van der Waals surface area contributed by atoms with E-state index in [1.807, 2.05) is 0 Å². The van der Waals surface area contributed by atoms with Crippen molar-refractivity contribution in [3.63, 3.8) is 0 Å². The van der Waals surface area contributed by atoms with Crippen LogP contribution >= 0.6 is 10.7 Å². The van der Waals surface area contributed by atoms with Gasteiger partial charge < -0.3 is 0 Å². The highest BCUT2D eigenvalue weighted by molar-refractivity contribution is 8.14. The summed E-state index contributed by atoms with van der Waals surface area (Å²) in [6, 6.07) is 0. The van der Waals surface area contributed by atoms with Crippen LogP contribution in [0.4, 0.5) is 0 Å². The fraction of sp³-hybridized carbons (Fsp3) is 1.00. The van der Waals surface area contributed by atoms with Crippen molar-refractivity contribution < 1.29 is 8.42 Å². The zero-order valence-electron chi connectivity index (χ0n) is 6.16. The summed E-state index contributed by atoms with van der Waals surface area (Å²) in [5.74, 6) is 1.03. The molecule has 0 aromatic rings. The Morgan fingerprint density at radius 3 is 2.18 bits per heavy atom. The van der Waals surface area contributed by atoms with Crippen molar-refractivity contribution in [3.05, 3.63) is 0 Å². The molecule has 0 saturated heterocycles. The van der Waals surface area contributed by atoms with Gasteiger partial charge in [0.15, 0.2) is 0 Å². The topological polar surface area (TPSA) is 34.1 Å². The fourth-order valence-electron chi connectivity index (χ4n) is 2.53. The van der Waals surface area contributed by atoms with E-state index in [2.05, 4.69) is 0 Å². The maximum absolute atomic E-state index is 11.0. The fourth-order valence-corrected chi connectivity index (χ4v) is 4.39. The number of fused-ring (bicyclic) bond motifs is 2. The lowest BCUT2D eigenvalue weighted by Gasteiger charge is -2.17. The van der Waals surface area contributed by atoms with Gasteiger partial charge in [-0.1, -0.05) is 6.42 Å². The second kappa shape index (κ2) is 2.36. The average Bonchev–Trinajstić information content (AvgIpc) is 2.42. The van der Waals surface area contributed by atoms with Crippen LogP contribution in [0.5, 0.6) is 0 Å². The molecule has 2 rings (SSSR count). The van der Waals surface area contributed by atoms with Gasteiger partial charge in [0.1, 0.15) is 0 Å². The number of halogens is 1. The monoisotopic (exact) mass is 194 g/mol. The minimum Gasteiger partial charge on any atom is -0.212 e. The smallest absolute Gasteiger partial charge is 0.212 e. The van der Waals surface area contributed by atoms with Crippen molar-refractivity contribution in [3.8, 4) is 0 Å². The predicted octanol–water partition coefficient (Wildman–Crippen LogP) is 1.74. The lowest BCUT2D eigenvalue weighted by atomic mass is 10.0. The van der Waals surface area contributed by atoms with E-state index in [1.54, 1.807) is 0 Å². The van der Waals surface area contributed by atoms with Crippen LogP contribution in [0.15, 0.2) is 0 Å². The van der Waals surface area contributed by atoms with E-state index in [0.717, 1.165) is 19.3 Å². The lowest BCUT2D eigenvalue weighted by Crippen LogP contribution is -2.22. The Morgan fingerprint density at radius 1 is 1.18 bits per heavy atom. The molecule has 2 aliphatic carbocycles. The molecule has 3 atom stereocenters. The standard InChI is InChI=1S/C7H11ClO2S/c8-11(9,10)7-4-5-1-2-6(7)3-5/h5-7H,1-4H2/t5-,6+,7-/m0/s1. The first kappa shape index (κ1) is 7.87. The molecule has 0 aromatic heterocycles. The van der Waals surface area contributed by atoms with Crippen LogP contribution in [0.3, 0.4) is 0 Å². The molecule has 0 N–H and O–H groups in total. The Kier molecular flexibility index (Phi) is 1.69. The van der Waals surface area contributed by atoms with E-state index in [0.29, 0.717) is 11.8 Å². The normalized spacial score (nSPS) is 43.2. The molecule has 0 heterocycles. The second-order valence-electron chi connectivity index (χ2n) is 3.69. The molecule has 2 aliphatic rings. The van der Waals surface area contributed by atoms with Gasteiger partial charge in [-0.25, -0.2) is 8.42 Å². The summed E-state index contributed by atoms with van der Waals surface area (Å²) in [4.78, 5) is 0. The molecule has 4 heteroatoms. The van der Waals surface area contributed by atoms with Gasteiger partial charge in [0.05, 0.1) is 5.25 Å². The van der Waals surface area contributed by atoms with Crippen LogP contribution in [0.1, 0.15) is 25.7 Å². The molecule has 2 bridgehead atoms. The van der Waals surface area contributed by atoms with E-state index in [4.69, 9.17) is 10.7 Å². The van der Waals surface area contributed by atoms with Crippen LogP contribution in [-0.4, -0.2) is 13.7 Å². The third-order valence-electron chi connectivity index (χ3n) is 3.03. The van der Waals surface area contributed by atoms with Crippen LogP contribution < -0.4 is 0 Å². The van der Waals surface area contributed by atoms with E-state index in [-0.39, 0.29) is 5.25 Å². The Morgan fingerprint density at radius 2 is 1.91 bits per heavy atom. The Balaban J connectivity index is 2.21. The van der Waals surface area contributed by atoms with Crippen LogP contribution in [0.2, 0.25) is 0 Å². The average molecular weight is 195 g/mol. The van der Waals surface area contributed by atoms with E-state index < -0.39 is 9.05 Å². The van der Waals surface area contributed by atoms with Crippen molar-refractivity contribution in [2.45, 2.75) is 30.9 Å².